The van der Waals surface area contributed by atoms with Gasteiger partial charge in [0.2, 0.25) is 0 Å². The Bertz CT molecular complexity index is 217. The van der Waals surface area contributed by atoms with Gasteiger partial charge < -0.3 is 4.98 Å². The molecular weight excluding hydrogens is 198 g/mol. The van der Waals surface area contributed by atoms with Crippen LogP contribution in [0.15, 0.2) is 0 Å². The van der Waals surface area contributed by atoms with Gasteiger partial charge in [0.25, 0.3) is 0 Å². The van der Waals surface area contributed by atoms with E-state index < -0.39 is 8.24 Å². The molecule has 0 aliphatic heterocycles. The third-order valence-corrected chi connectivity index (χ3v) is 8.15. The van der Waals surface area contributed by atoms with Gasteiger partial charge in [0.15, 0.2) is 0 Å². The fraction of sp³-hybridized carbons (Fsp3) is 1.00. The maximum Gasteiger partial charge on any atom is 0.123 e. The molecule has 0 aromatic carbocycles. The molecule has 0 bridgehead atoms. The molecule has 0 heterocycles. The Kier molecular flexibility index (Phi) is 3.72. The Morgan fingerprint density at radius 2 is 1.60 bits per heavy atom. The zero-order valence-corrected chi connectivity index (χ0v) is 12.6. The highest BCUT2D eigenvalue weighted by Gasteiger charge is 2.42. The van der Waals surface area contributed by atoms with E-state index in [2.05, 4.69) is 52.7 Å². The highest BCUT2D eigenvalue weighted by molar-refractivity contribution is 6.76. The third-order valence-electron chi connectivity index (χ3n) is 4.09. The van der Waals surface area contributed by atoms with E-state index >= 15 is 0 Å². The van der Waals surface area contributed by atoms with Gasteiger partial charge in [-0.15, -0.1) is 0 Å². The molecule has 1 rings (SSSR count). The molecule has 0 aromatic rings. The molecule has 2 heteroatoms. The highest BCUT2D eigenvalue weighted by Crippen LogP contribution is 2.45. The second kappa shape index (κ2) is 4.21. The zero-order chi connectivity index (χ0) is 11.9. The largest absolute Gasteiger partial charge is 0.332 e. The Labute approximate surface area is 97.1 Å². The minimum atomic E-state index is -1.26. The van der Waals surface area contributed by atoms with Gasteiger partial charge in [-0.3, -0.25) is 0 Å². The second-order valence-electron chi connectivity index (χ2n) is 7.12. The normalized spacial score (nSPS) is 33.4. The van der Waals surface area contributed by atoms with Crippen LogP contribution in [0, 0.1) is 11.8 Å². The monoisotopic (exact) mass is 227 g/mol. The van der Waals surface area contributed by atoms with E-state index in [-0.39, 0.29) is 5.54 Å². The first-order chi connectivity index (χ1) is 6.63. The smallest absolute Gasteiger partial charge is 0.123 e. The van der Waals surface area contributed by atoms with Crippen molar-refractivity contribution in [1.29, 1.82) is 0 Å². The Hall–Kier alpha value is 0.177. The molecule has 0 saturated heterocycles. The molecule has 15 heavy (non-hydrogen) atoms. The molecule has 3 atom stereocenters. The summed E-state index contributed by atoms with van der Waals surface area (Å²) in [4.78, 5) is 3.93. The van der Waals surface area contributed by atoms with E-state index in [4.69, 9.17) is 0 Å². The van der Waals surface area contributed by atoms with Crippen molar-refractivity contribution in [2.45, 2.75) is 71.6 Å². The summed E-state index contributed by atoms with van der Waals surface area (Å²) in [5.41, 5.74) is 1.24. The summed E-state index contributed by atoms with van der Waals surface area (Å²) in [6.07, 6.45) is 2.89. The van der Waals surface area contributed by atoms with Gasteiger partial charge in [0, 0.05) is 5.54 Å². The summed E-state index contributed by atoms with van der Waals surface area (Å²) in [5.74, 6) is 1.85. The predicted molar refractivity (Wildman–Crippen MR) is 71.7 cm³/mol. The molecule has 1 aliphatic rings. The molecule has 1 nitrogen and oxygen atoms in total. The number of nitrogens with one attached hydrogen (secondary N) is 1. The molecule has 1 fully saturated rings. The first-order valence-electron chi connectivity index (χ1n) is 6.43. The van der Waals surface area contributed by atoms with Crippen molar-refractivity contribution in [1.82, 2.24) is 4.98 Å². The minimum absolute atomic E-state index is 0.279. The van der Waals surface area contributed by atoms with Gasteiger partial charge in [-0.25, -0.2) is 0 Å². The zero-order valence-electron chi connectivity index (χ0n) is 11.6. The van der Waals surface area contributed by atoms with Crippen LogP contribution in [0.3, 0.4) is 0 Å². The van der Waals surface area contributed by atoms with Crippen molar-refractivity contribution < 1.29 is 0 Å². The summed E-state index contributed by atoms with van der Waals surface area (Å²) in [6, 6.07) is 0. The molecule has 0 radical (unpaired) electrons. The van der Waals surface area contributed by atoms with E-state index in [9.17, 15) is 0 Å². The van der Waals surface area contributed by atoms with Gasteiger partial charge in [0.05, 0.1) is 0 Å². The highest BCUT2D eigenvalue weighted by atomic mass is 28.3. The maximum absolute atomic E-state index is 3.93. The molecule has 1 N–H and O–H groups in total. The van der Waals surface area contributed by atoms with Crippen LogP contribution < -0.4 is 4.98 Å². The van der Waals surface area contributed by atoms with Crippen LogP contribution in [-0.2, 0) is 0 Å². The van der Waals surface area contributed by atoms with Crippen molar-refractivity contribution in [3.8, 4) is 0 Å². The summed E-state index contributed by atoms with van der Waals surface area (Å²) >= 11 is 0. The molecular formula is C13H29NSi. The molecule has 1 aliphatic carbocycles. The SMILES string of the molecule is CC1CCC([Si](C)(C)NC(C)(C)C)C1C. The fourth-order valence-corrected chi connectivity index (χ4v) is 8.09. The quantitative estimate of drug-likeness (QED) is 0.703. The molecule has 0 amide bonds. The number of hydrogen-bond donors (Lipinski definition) is 1. The van der Waals surface area contributed by atoms with E-state index in [0.29, 0.717) is 0 Å². The van der Waals surface area contributed by atoms with Gasteiger partial charge in [0.1, 0.15) is 8.24 Å². The van der Waals surface area contributed by atoms with Gasteiger partial charge in [-0.1, -0.05) is 39.8 Å². The van der Waals surface area contributed by atoms with E-state index in [0.717, 1.165) is 17.4 Å². The van der Waals surface area contributed by atoms with Crippen molar-refractivity contribution in [3.05, 3.63) is 0 Å². The van der Waals surface area contributed by atoms with Crippen LogP contribution in [0.4, 0.5) is 0 Å². The second-order valence-corrected chi connectivity index (χ2v) is 11.6. The Morgan fingerprint density at radius 1 is 1.07 bits per heavy atom. The van der Waals surface area contributed by atoms with Gasteiger partial charge >= 0.3 is 0 Å². The first-order valence-corrected chi connectivity index (χ1v) is 9.50. The van der Waals surface area contributed by atoms with Crippen LogP contribution in [0.1, 0.15) is 47.5 Å². The third kappa shape index (κ3) is 3.32. The average Bonchev–Trinajstić information content (AvgIpc) is 2.27. The Balaban J connectivity index is 2.69. The summed E-state index contributed by atoms with van der Waals surface area (Å²) in [7, 11) is -1.26. The summed E-state index contributed by atoms with van der Waals surface area (Å²) < 4.78 is 0. The molecule has 0 aromatic heterocycles. The van der Waals surface area contributed by atoms with Crippen molar-refractivity contribution >= 4 is 8.24 Å². The lowest BCUT2D eigenvalue weighted by atomic mass is 10.0. The predicted octanol–water partition coefficient (Wildman–Crippen LogP) is 4.02. The van der Waals surface area contributed by atoms with Crippen molar-refractivity contribution in [2.24, 2.45) is 11.8 Å². The summed E-state index contributed by atoms with van der Waals surface area (Å²) in [6.45, 7) is 16.8. The first kappa shape index (κ1) is 13.2. The molecule has 1 saturated carbocycles. The van der Waals surface area contributed by atoms with Crippen molar-refractivity contribution in [3.63, 3.8) is 0 Å². The maximum atomic E-state index is 3.93. The molecule has 90 valence electrons. The van der Waals surface area contributed by atoms with Crippen LogP contribution in [0.5, 0.6) is 0 Å². The van der Waals surface area contributed by atoms with E-state index in [1.165, 1.54) is 12.8 Å². The van der Waals surface area contributed by atoms with Gasteiger partial charge in [-0.05, 0) is 38.1 Å². The molecule has 3 unspecified atom stereocenters. The van der Waals surface area contributed by atoms with Gasteiger partial charge in [-0.2, -0.15) is 0 Å². The lowest BCUT2D eigenvalue weighted by Crippen LogP contribution is -2.57. The average molecular weight is 227 g/mol. The fourth-order valence-electron chi connectivity index (χ4n) is 3.44. The standard InChI is InChI=1S/C13H29NSi/c1-10-8-9-12(11(10)2)15(6,7)14-13(3,4)5/h10-12,14H,8-9H2,1-7H3. The van der Waals surface area contributed by atoms with Crippen LogP contribution in [0.2, 0.25) is 18.6 Å². The number of hydrogen-bond acceptors (Lipinski definition) is 1. The lowest BCUT2D eigenvalue weighted by Gasteiger charge is -2.40. The molecule has 0 spiro atoms. The van der Waals surface area contributed by atoms with E-state index in [1.54, 1.807) is 0 Å². The van der Waals surface area contributed by atoms with Crippen LogP contribution in [-0.4, -0.2) is 13.8 Å². The minimum Gasteiger partial charge on any atom is -0.332 e. The van der Waals surface area contributed by atoms with E-state index in [1.807, 2.05) is 0 Å². The van der Waals surface area contributed by atoms with Crippen LogP contribution in [0.25, 0.3) is 0 Å². The summed E-state index contributed by atoms with van der Waals surface area (Å²) in [5, 5.41) is 0. The van der Waals surface area contributed by atoms with Crippen LogP contribution >= 0.6 is 0 Å². The lowest BCUT2D eigenvalue weighted by molar-refractivity contribution is 0.438. The number of rotatable bonds is 2. The topological polar surface area (TPSA) is 12.0 Å². The Morgan fingerprint density at radius 3 is 1.93 bits per heavy atom. The van der Waals surface area contributed by atoms with Crippen molar-refractivity contribution in [2.75, 3.05) is 0 Å².